The Morgan fingerprint density at radius 1 is 0.900 bits per heavy atom. The van der Waals surface area contributed by atoms with Gasteiger partial charge in [-0.05, 0) is 0 Å². The molecule has 0 bridgehead atoms. The van der Waals surface area contributed by atoms with Crippen LogP contribution in [0.15, 0.2) is 12.2 Å². The third kappa shape index (κ3) is 16.0. The van der Waals surface area contributed by atoms with Crippen LogP contribution in [0, 0.1) is 0 Å². The average molecular weight is 150 g/mol. The zero-order valence-electron chi connectivity index (χ0n) is 5.28. The van der Waals surface area contributed by atoms with Crippen molar-refractivity contribution in [1.82, 2.24) is 12.3 Å². The highest BCUT2D eigenvalue weighted by atomic mass is 16.4. The second-order valence-corrected chi connectivity index (χ2v) is 1.01. The molecule has 0 heterocycles. The van der Waals surface area contributed by atoms with E-state index in [1.54, 1.807) is 0 Å². The van der Waals surface area contributed by atoms with Crippen molar-refractivity contribution in [3.8, 4) is 0 Å². The lowest BCUT2D eigenvalue weighted by Crippen LogP contribution is -1.91. The summed E-state index contributed by atoms with van der Waals surface area (Å²) in [4.78, 5) is 19.1. The maximum absolute atomic E-state index is 9.55. The van der Waals surface area contributed by atoms with Gasteiger partial charge in [-0.1, -0.05) is 0 Å². The number of hydrogen-bond acceptors (Lipinski definition) is 4. The molecule has 6 heteroatoms. The fourth-order valence-corrected chi connectivity index (χ4v) is 0.143. The summed E-state index contributed by atoms with van der Waals surface area (Å²) in [7, 11) is 0. The van der Waals surface area contributed by atoms with Crippen LogP contribution >= 0.6 is 0 Å². The molecule has 0 aromatic rings. The number of carbonyl (C=O) groups is 2. The zero-order valence-corrected chi connectivity index (χ0v) is 5.28. The van der Waals surface area contributed by atoms with Gasteiger partial charge >= 0.3 is 11.9 Å². The monoisotopic (exact) mass is 150 g/mol. The van der Waals surface area contributed by atoms with E-state index in [1.165, 1.54) is 0 Å². The molecule has 0 aliphatic rings. The highest BCUT2D eigenvalue weighted by Gasteiger charge is 1.88. The summed E-state index contributed by atoms with van der Waals surface area (Å²) in [5.41, 5.74) is 0. The summed E-state index contributed by atoms with van der Waals surface area (Å²) < 4.78 is 0. The van der Waals surface area contributed by atoms with Crippen molar-refractivity contribution in [3.63, 3.8) is 0 Å². The van der Waals surface area contributed by atoms with E-state index in [0.29, 0.717) is 12.2 Å². The van der Waals surface area contributed by atoms with E-state index in [1.807, 2.05) is 0 Å². The molecule has 0 atom stereocenters. The molecule has 60 valence electrons. The third-order valence-electron chi connectivity index (χ3n) is 0.368. The van der Waals surface area contributed by atoms with Gasteiger partial charge in [0, 0.05) is 12.2 Å². The van der Waals surface area contributed by atoms with Crippen molar-refractivity contribution in [1.29, 1.82) is 0 Å². The lowest BCUT2D eigenvalue weighted by atomic mass is 10.5. The molecule has 0 aliphatic carbocycles. The molecule has 0 fully saturated rings. The minimum absolute atomic E-state index is 0. The number of carboxylic acid groups (broad SMARTS) is 2. The van der Waals surface area contributed by atoms with E-state index < -0.39 is 11.9 Å². The van der Waals surface area contributed by atoms with Crippen LogP contribution in [0.2, 0.25) is 0 Å². The van der Waals surface area contributed by atoms with E-state index in [0.717, 1.165) is 0 Å². The van der Waals surface area contributed by atoms with Crippen molar-refractivity contribution in [2.75, 3.05) is 0 Å². The van der Waals surface area contributed by atoms with E-state index >= 15 is 0 Å². The van der Waals surface area contributed by atoms with Crippen molar-refractivity contribution >= 4 is 11.9 Å². The van der Waals surface area contributed by atoms with Gasteiger partial charge in [0.1, 0.15) is 0 Å². The first-order chi connectivity index (χ1) is 3.63. The number of rotatable bonds is 2. The van der Waals surface area contributed by atoms with Crippen molar-refractivity contribution in [3.05, 3.63) is 12.2 Å². The quantitative estimate of drug-likeness (QED) is 0.409. The standard InChI is InChI=1S/C4H4O4.2H3N/c5-3(6)1-2-4(7)8;;/h1-2H,(H,5,6)(H,7,8);2*1H3. The van der Waals surface area contributed by atoms with Crippen molar-refractivity contribution in [2.24, 2.45) is 0 Å². The lowest BCUT2D eigenvalue weighted by Gasteiger charge is -1.74. The van der Waals surface area contributed by atoms with Crippen LogP contribution in [0.1, 0.15) is 0 Å². The smallest absolute Gasteiger partial charge is 0.328 e. The van der Waals surface area contributed by atoms with Crippen molar-refractivity contribution in [2.45, 2.75) is 0 Å². The number of carboxylic acids is 2. The maximum Gasteiger partial charge on any atom is 0.328 e. The van der Waals surface area contributed by atoms with Crippen LogP contribution in [0.25, 0.3) is 0 Å². The van der Waals surface area contributed by atoms with E-state index in [9.17, 15) is 9.59 Å². The summed E-state index contributed by atoms with van der Waals surface area (Å²) in [6.07, 6.45) is 1.12. The number of aliphatic carboxylic acids is 2. The molecule has 0 aromatic carbocycles. The van der Waals surface area contributed by atoms with Gasteiger partial charge < -0.3 is 22.5 Å². The summed E-state index contributed by atoms with van der Waals surface area (Å²) in [5, 5.41) is 15.6. The van der Waals surface area contributed by atoms with Crippen LogP contribution in [0.3, 0.4) is 0 Å². The predicted molar refractivity (Wildman–Crippen MR) is 34.5 cm³/mol. The van der Waals surface area contributed by atoms with Gasteiger partial charge in [0.2, 0.25) is 0 Å². The molecule has 0 saturated heterocycles. The van der Waals surface area contributed by atoms with Gasteiger partial charge in [-0.15, -0.1) is 0 Å². The molecule has 0 unspecified atom stereocenters. The van der Waals surface area contributed by atoms with Gasteiger partial charge in [0.15, 0.2) is 0 Å². The van der Waals surface area contributed by atoms with E-state index in [-0.39, 0.29) is 12.3 Å². The average Bonchev–Trinajstić information content (AvgIpc) is 1.61. The Morgan fingerprint density at radius 3 is 1.20 bits per heavy atom. The van der Waals surface area contributed by atoms with Gasteiger partial charge in [-0.25, -0.2) is 9.59 Å². The molecule has 0 spiro atoms. The highest BCUT2D eigenvalue weighted by molar-refractivity contribution is 5.89. The van der Waals surface area contributed by atoms with Gasteiger partial charge in [-0.3, -0.25) is 0 Å². The summed E-state index contributed by atoms with van der Waals surface area (Å²) in [6, 6.07) is 0. The predicted octanol–water partition coefficient (Wildman–Crippen LogP) is 0.0358. The zero-order chi connectivity index (χ0) is 6.57. The molecule has 0 aliphatic heterocycles. The first kappa shape index (κ1) is 15.8. The van der Waals surface area contributed by atoms with Crippen LogP contribution in [0.5, 0.6) is 0 Å². The lowest BCUT2D eigenvalue weighted by molar-refractivity contribution is -0.134. The molecule has 0 radical (unpaired) electrons. The minimum atomic E-state index is -1.26. The van der Waals surface area contributed by atoms with Crippen LogP contribution in [-0.2, 0) is 9.59 Å². The molecular formula is C4H10N2O4. The molecule has 6 nitrogen and oxygen atoms in total. The molecule has 8 N–H and O–H groups in total. The molecule has 10 heavy (non-hydrogen) atoms. The Balaban J connectivity index is -0.000000245. The van der Waals surface area contributed by atoms with Crippen LogP contribution in [-0.4, -0.2) is 22.2 Å². The molecular weight excluding hydrogens is 140 g/mol. The van der Waals surface area contributed by atoms with Crippen LogP contribution < -0.4 is 12.3 Å². The molecule has 0 amide bonds. The topological polar surface area (TPSA) is 145 Å². The summed E-state index contributed by atoms with van der Waals surface area (Å²) in [6.45, 7) is 0. The summed E-state index contributed by atoms with van der Waals surface area (Å²) in [5.74, 6) is -2.51. The SMILES string of the molecule is N.N.O=C(O)C=CC(=O)O. The Bertz CT molecular complexity index is 126. The van der Waals surface area contributed by atoms with Crippen molar-refractivity contribution < 1.29 is 19.8 Å². The van der Waals surface area contributed by atoms with Gasteiger partial charge in [0.05, 0.1) is 0 Å². The molecule has 0 rings (SSSR count). The first-order valence-electron chi connectivity index (χ1n) is 1.77. The van der Waals surface area contributed by atoms with E-state index in [2.05, 4.69) is 0 Å². The largest absolute Gasteiger partial charge is 0.478 e. The Labute approximate surface area is 57.3 Å². The van der Waals surface area contributed by atoms with Gasteiger partial charge in [0.25, 0.3) is 0 Å². The normalized spacial score (nSPS) is 7.60. The minimum Gasteiger partial charge on any atom is -0.478 e. The third-order valence-corrected chi connectivity index (χ3v) is 0.368. The van der Waals surface area contributed by atoms with Gasteiger partial charge in [-0.2, -0.15) is 0 Å². The maximum atomic E-state index is 9.55. The van der Waals surface area contributed by atoms with Crippen LogP contribution in [0.4, 0.5) is 0 Å². The highest BCUT2D eigenvalue weighted by Crippen LogP contribution is 1.70. The Morgan fingerprint density at radius 2 is 1.10 bits per heavy atom. The fraction of sp³-hybridized carbons (Fsp3) is 0. The van der Waals surface area contributed by atoms with E-state index in [4.69, 9.17) is 10.2 Å². The fourth-order valence-electron chi connectivity index (χ4n) is 0.143. The summed E-state index contributed by atoms with van der Waals surface area (Å²) >= 11 is 0. The Hall–Kier alpha value is -1.40. The second kappa shape index (κ2) is 7.60. The second-order valence-electron chi connectivity index (χ2n) is 1.01. The molecule has 0 saturated carbocycles. The first-order valence-corrected chi connectivity index (χ1v) is 1.77. The number of hydrogen-bond donors (Lipinski definition) is 4. The Kier molecular flexibility index (Phi) is 12.0. The molecule has 0 aromatic heterocycles.